The van der Waals surface area contributed by atoms with E-state index in [-0.39, 0.29) is 5.54 Å². The molecule has 1 aliphatic heterocycles. The van der Waals surface area contributed by atoms with Gasteiger partial charge in [-0.05, 0) is 66.7 Å². The number of nitrogens with zero attached hydrogens (tertiary/aromatic N) is 2. The third-order valence-electron chi connectivity index (χ3n) is 3.60. The van der Waals surface area contributed by atoms with Gasteiger partial charge < -0.3 is 10.2 Å². The zero-order valence-electron chi connectivity index (χ0n) is 13.3. The molecule has 1 heterocycles. The highest BCUT2D eigenvalue weighted by Gasteiger charge is 2.26. The summed E-state index contributed by atoms with van der Waals surface area (Å²) < 4.78 is 0. The third-order valence-corrected chi connectivity index (χ3v) is 3.60. The van der Waals surface area contributed by atoms with Crippen molar-refractivity contribution in [1.29, 1.82) is 0 Å². The van der Waals surface area contributed by atoms with Crippen molar-refractivity contribution in [3.05, 3.63) is 0 Å². The molecule has 3 nitrogen and oxygen atoms in total. The average molecular weight is 255 g/mol. The van der Waals surface area contributed by atoms with Gasteiger partial charge in [0.15, 0.2) is 0 Å². The quantitative estimate of drug-likeness (QED) is 0.783. The molecule has 1 saturated heterocycles. The normalized spacial score (nSPS) is 23.8. The Hall–Kier alpha value is -0.120. The van der Waals surface area contributed by atoms with Crippen molar-refractivity contribution in [1.82, 2.24) is 15.1 Å². The monoisotopic (exact) mass is 255 g/mol. The predicted molar refractivity (Wildman–Crippen MR) is 80.1 cm³/mol. The van der Waals surface area contributed by atoms with Crippen LogP contribution in [0.5, 0.6) is 0 Å². The van der Waals surface area contributed by atoms with Crippen LogP contribution in [0.25, 0.3) is 0 Å². The van der Waals surface area contributed by atoms with Crippen molar-refractivity contribution in [2.45, 2.75) is 52.1 Å². The van der Waals surface area contributed by atoms with E-state index in [9.17, 15) is 0 Å². The number of hydrogen-bond donors (Lipinski definition) is 1. The lowest BCUT2D eigenvalue weighted by Crippen LogP contribution is -2.44. The summed E-state index contributed by atoms with van der Waals surface area (Å²) in [5.74, 6) is 0.729. The summed E-state index contributed by atoms with van der Waals surface area (Å²) in [6, 6.07) is 0.775. The van der Waals surface area contributed by atoms with Crippen molar-refractivity contribution >= 4 is 0 Å². The number of likely N-dealkylation sites (N-methyl/N-ethyl adjacent to an activating group) is 1. The molecule has 1 fully saturated rings. The Kier molecular flexibility index (Phi) is 6.09. The molecule has 0 amide bonds. The zero-order valence-corrected chi connectivity index (χ0v) is 13.3. The van der Waals surface area contributed by atoms with E-state index in [4.69, 9.17) is 0 Å². The minimum Gasteiger partial charge on any atom is -0.312 e. The molecule has 1 rings (SSSR count). The second-order valence-electron chi connectivity index (χ2n) is 7.29. The Bertz CT molecular complexity index is 232. The Labute approximate surface area is 114 Å². The van der Waals surface area contributed by atoms with Crippen LogP contribution in [0.3, 0.4) is 0 Å². The summed E-state index contributed by atoms with van der Waals surface area (Å²) in [5.41, 5.74) is 0.238. The fraction of sp³-hybridized carbons (Fsp3) is 1.00. The van der Waals surface area contributed by atoms with E-state index in [1.807, 2.05) is 0 Å². The lowest BCUT2D eigenvalue weighted by Gasteiger charge is -2.31. The standard InChI is InChI=1S/C15H33N3/c1-13(10-16-15(2,3)4)11-18-9-7-8-14(18)12-17(5)6/h13-14,16H,7-12H2,1-6H3. The van der Waals surface area contributed by atoms with Crippen LogP contribution >= 0.6 is 0 Å². The first-order chi connectivity index (χ1) is 8.28. The molecular formula is C15H33N3. The highest BCUT2D eigenvalue weighted by Crippen LogP contribution is 2.19. The first kappa shape index (κ1) is 15.9. The van der Waals surface area contributed by atoms with Crippen molar-refractivity contribution in [3.63, 3.8) is 0 Å². The molecule has 1 N–H and O–H groups in total. The topological polar surface area (TPSA) is 18.5 Å². The highest BCUT2D eigenvalue weighted by atomic mass is 15.2. The predicted octanol–water partition coefficient (Wildman–Crippen LogP) is 2.04. The lowest BCUT2D eigenvalue weighted by atomic mass is 10.1. The van der Waals surface area contributed by atoms with E-state index >= 15 is 0 Å². The van der Waals surface area contributed by atoms with Gasteiger partial charge in [-0.3, -0.25) is 4.90 Å². The molecule has 0 aromatic carbocycles. The second kappa shape index (κ2) is 6.88. The SMILES string of the molecule is CC(CNC(C)(C)C)CN1CCCC1CN(C)C. The van der Waals surface area contributed by atoms with Crippen LogP contribution in [-0.2, 0) is 0 Å². The summed E-state index contributed by atoms with van der Waals surface area (Å²) in [6.07, 6.45) is 2.75. The van der Waals surface area contributed by atoms with E-state index in [0.29, 0.717) is 0 Å². The maximum Gasteiger partial charge on any atom is 0.0223 e. The van der Waals surface area contributed by atoms with Crippen LogP contribution in [0.15, 0.2) is 0 Å². The second-order valence-corrected chi connectivity index (χ2v) is 7.29. The molecule has 1 aliphatic rings. The molecule has 0 spiro atoms. The number of rotatable bonds is 6. The molecule has 0 saturated carbocycles. The van der Waals surface area contributed by atoms with Crippen molar-refractivity contribution in [2.75, 3.05) is 40.3 Å². The van der Waals surface area contributed by atoms with Gasteiger partial charge in [0.05, 0.1) is 0 Å². The number of hydrogen-bond acceptors (Lipinski definition) is 3. The van der Waals surface area contributed by atoms with Gasteiger partial charge in [-0.2, -0.15) is 0 Å². The zero-order chi connectivity index (χ0) is 13.8. The molecule has 0 bridgehead atoms. The van der Waals surface area contributed by atoms with E-state index in [1.54, 1.807) is 0 Å². The van der Waals surface area contributed by atoms with Crippen molar-refractivity contribution < 1.29 is 0 Å². The van der Waals surface area contributed by atoms with Crippen molar-refractivity contribution in [2.24, 2.45) is 5.92 Å². The Morgan fingerprint density at radius 2 is 2.00 bits per heavy atom. The fourth-order valence-electron chi connectivity index (χ4n) is 2.71. The molecule has 0 aliphatic carbocycles. The van der Waals surface area contributed by atoms with Crippen LogP contribution in [0, 0.1) is 5.92 Å². The molecule has 2 atom stereocenters. The van der Waals surface area contributed by atoms with Crippen LogP contribution in [0.4, 0.5) is 0 Å². The van der Waals surface area contributed by atoms with Gasteiger partial charge >= 0.3 is 0 Å². The Morgan fingerprint density at radius 1 is 1.33 bits per heavy atom. The largest absolute Gasteiger partial charge is 0.312 e. The molecule has 0 radical (unpaired) electrons. The van der Waals surface area contributed by atoms with Gasteiger partial charge in [0.25, 0.3) is 0 Å². The minimum absolute atomic E-state index is 0.238. The minimum atomic E-state index is 0.238. The molecule has 0 aromatic rings. The van der Waals surface area contributed by atoms with Gasteiger partial charge in [-0.15, -0.1) is 0 Å². The van der Waals surface area contributed by atoms with Crippen LogP contribution < -0.4 is 5.32 Å². The molecule has 2 unspecified atom stereocenters. The van der Waals surface area contributed by atoms with Gasteiger partial charge in [-0.25, -0.2) is 0 Å². The summed E-state index contributed by atoms with van der Waals surface area (Å²) in [6.45, 7) is 13.9. The first-order valence-electron chi connectivity index (χ1n) is 7.42. The van der Waals surface area contributed by atoms with E-state index in [0.717, 1.165) is 18.5 Å². The average Bonchev–Trinajstić information content (AvgIpc) is 2.61. The molecule has 3 heteroatoms. The Balaban J connectivity index is 2.31. The van der Waals surface area contributed by atoms with E-state index in [2.05, 4.69) is 56.9 Å². The van der Waals surface area contributed by atoms with Crippen LogP contribution in [0.2, 0.25) is 0 Å². The summed E-state index contributed by atoms with van der Waals surface area (Å²) in [7, 11) is 4.36. The molecule has 0 aromatic heterocycles. The number of nitrogens with one attached hydrogen (secondary N) is 1. The third kappa shape index (κ3) is 6.17. The molecule has 18 heavy (non-hydrogen) atoms. The van der Waals surface area contributed by atoms with Crippen LogP contribution in [0.1, 0.15) is 40.5 Å². The number of likely N-dealkylation sites (tertiary alicyclic amines) is 1. The van der Waals surface area contributed by atoms with Gasteiger partial charge in [0.2, 0.25) is 0 Å². The Morgan fingerprint density at radius 3 is 2.56 bits per heavy atom. The maximum atomic E-state index is 3.61. The van der Waals surface area contributed by atoms with E-state index in [1.165, 1.54) is 32.5 Å². The maximum absolute atomic E-state index is 3.61. The lowest BCUT2D eigenvalue weighted by molar-refractivity contribution is 0.181. The summed E-state index contributed by atoms with van der Waals surface area (Å²) >= 11 is 0. The summed E-state index contributed by atoms with van der Waals surface area (Å²) in [4.78, 5) is 5.01. The highest BCUT2D eigenvalue weighted by molar-refractivity contribution is 4.83. The van der Waals surface area contributed by atoms with Crippen LogP contribution in [-0.4, -0.2) is 61.7 Å². The van der Waals surface area contributed by atoms with E-state index < -0.39 is 0 Å². The first-order valence-corrected chi connectivity index (χ1v) is 7.42. The summed E-state index contributed by atoms with van der Waals surface area (Å²) in [5, 5.41) is 3.61. The molecule has 108 valence electrons. The van der Waals surface area contributed by atoms with Crippen molar-refractivity contribution in [3.8, 4) is 0 Å². The smallest absolute Gasteiger partial charge is 0.0223 e. The molecular weight excluding hydrogens is 222 g/mol. The fourth-order valence-corrected chi connectivity index (χ4v) is 2.71. The van der Waals surface area contributed by atoms with Gasteiger partial charge in [-0.1, -0.05) is 6.92 Å². The van der Waals surface area contributed by atoms with Gasteiger partial charge in [0, 0.05) is 24.7 Å². The van der Waals surface area contributed by atoms with Gasteiger partial charge in [0.1, 0.15) is 0 Å².